The minimum Gasteiger partial charge on any atom is -0.508 e. The Kier molecular flexibility index (Phi) is 4.92. The highest BCUT2D eigenvalue weighted by atomic mass is 19.1. The van der Waals surface area contributed by atoms with Gasteiger partial charge in [-0.1, -0.05) is 12.2 Å². The van der Waals surface area contributed by atoms with E-state index in [1.54, 1.807) is 26.8 Å². The molecule has 0 heterocycles. The number of hydrogen-bond donors (Lipinski definition) is 2. The van der Waals surface area contributed by atoms with Crippen molar-refractivity contribution < 1.29 is 19.0 Å². The molecule has 1 rings (SSSR count). The predicted octanol–water partition coefficient (Wildman–Crippen LogP) is 3.07. The molecular weight excluding hydrogens is 249 g/mol. The van der Waals surface area contributed by atoms with E-state index in [2.05, 4.69) is 5.32 Å². The Morgan fingerprint density at radius 1 is 1.47 bits per heavy atom. The molecule has 0 fully saturated rings. The maximum atomic E-state index is 13.3. The van der Waals surface area contributed by atoms with Crippen molar-refractivity contribution in [2.24, 2.45) is 0 Å². The summed E-state index contributed by atoms with van der Waals surface area (Å²) in [5.74, 6) is -0.451. The van der Waals surface area contributed by atoms with Gasteiger partial charge in [-0.2, -0.15) is 0 Å². The molecule has 0 aliphatic heterocycles. The summed E-state index contributed by atoms with van der Waals surface area (Å²) in [5, 5.41) is 11.7. The normalized spacial score (nSPS) is 11.6. The minimum atomic E-state index is -0.550. The molecule has 4 nitrogen and oxygen atoms in total. The van der Waals surface area contributed by atoms with Gasteiger partial charge in [0, 0.05) is 12.1 Å². The van der Waals surface area contributed by atoms with Gasteiger partial charge in [0.2, 0.25) is 0 Å². The number of benzene rings is 1. The van der Waals surface area contributed by atoms with Crippen LogP contribution in [0.4, 0.5) is 9.18 Å². The first-order chi connectivity index (χ1) is 8.78. The second kappa shape index (κ2) is 6.22. The van der Waals surface area contributed by atoms with E-state index in [9.17, 15) is 14.3 Å². The Hall–Kier alpha value is -2.04. The van der Waals surface area contributed by atoms with Crippen molar-refractivity contribution >= 4 is 12.2 Å². The minimum absolute atomic E-state index is 0.0128. The molecule has 1 aromatic carbocycles. The molecule has 0 bridgehead atoms. The number of carbonyl (C=O) groups is 1. The quantitative estimate of drug-likeness (QED) is 0.884. The Morgan fingerprint density at radius 3 is 2.79 bits per heavy atom. The molecule has 1 amide bonds. The average Bonchev–Trinajstić information content (AvgIpc) is 2.26. The monoisotopic (exact) mass is 267 g/mol. The number of amides is 1. The molecule has 0 unspecified atom stereocenters. The molecule has 0 spiro atoms. The van der Waals surface area contributed by atoms with Crippen LogP contribution in [-0.4, -0.2) is 23.3 Å². The van der Waals surface area contributed by atoms with Gasteiger partial charge in [-0.25, -0.2) is 9.18 Å². The summed E-state index contributed by atoms with van der Waals surface area (Å²) in [5.41, 5.74) is -0.295. The van der Waals surface area contributed by atoms with Crippen molar-refractivity contribution in [2.75, 3.05) is 6.54 Å². The Bertz CT molecular complexity index is 478. The number of ether oxygens (including phenoxy) is 1. The van der Waals surface area contributed by atoms with E-state index >= 15 is 0 Å². The van der Waals surface area contributed by atoms with E-state index < -0.39 is 17.5 Å². The zero-order chi connectivity index (χ0) is 14.5. The van der Waals surface area contributed by atoms with Crippen LogP contribution in [0.3, 0.4) is 0 Å². The number of alkyl carbamates (subject to hydrolysis) is 1. The highest BCUT2D eigenvalue weighted by Crippen LogP contribution is 2.16. The van der Waals surface area contributed by atoms with E-state index in [0.29, 0.717) is 0 Å². The molecule has 0 saturated carbocycles. The van der Waals surface area contributed by atoms with Crippen LogP contribution in [0.25, 0.3) is 6.08 Å². The number of phenolic OH excluding ortho intramolecular Hbond substituents is 1. The Balaban J connectivity index is 2.47. The topological polar surface area (TPSA) is 58.6 Å². The summed E-state index contributed by atoms with van der Waals surface area (Å²) in [6, 6.07) is 3.75. The number of rotatable bonds is 3. The molecule has 0 radical (unpaired) electrons. The number of aromatic hydroxyl groups is 1. The molecule has 0 aliphatic rings. The van der Waals surface area contributed by atoms with Gasteiger partial charge in [-0.15, -0.1) is 0 Å². The van der Waals surface area contributed by atoms with Crippen LogP contribution < -0.4 is 5.32 Å². The smallest absolute Gasteiger partial charge is 0.407 e. The second-order valence-corrected chi connectivity index (χ2v) is 4.99. The standard InChI is InChI=1S/C14H18FNO3/c1-14(2,3)19-13(18)16-8-4-5-10-9-11(17)6-7-12(10)15/h4-7,9,17H,8H2,1-3H3,(H,16,18). The van der Waals surface area contributed by atoms with Gasteiger partial charge in [0.15, 0.2) is 0 Å². The zero-order valence-electron chi connectivity index (χ0n) is 11.2. The van der Waals surface area contributed by atoms with Gasteiger partial charge in [0.05, 0.1) is 0 Å². The number of hydrogen-bond acceptors (Lipinski definition) is 3. The molecule has 5 heteroatoms. The summed E-state index contributed by atoms with van der Waals surface area (Å²) in [6.45, 7) is 5.52. The van der Waals surface area contributed by atoms with Crippen LogP contribution in [0.2, 0.25) is 0 Å². The molecule has 0 atom stereocenters. The Morgan fingerprint density at radius 2 is 2.16 bits per heavy atom. The van der Waals surface area contributed by atoms with Gasteiger partial charge < -0.3 is 15.2 Å². The lowest BCUT2D eigenvalue weighted by Gasteiger charge is -2.19. The van der Waals surface area contributed by atoms with Crippen LogP contribution in [0.5, 0.6) is 5.75 Å². The van der Waals surface area contributed by atoms with E-state index in [1.165, 1.54) is 24.3 Å². The summed E-state index contributed by atoms with van der Waals surface area (Å²) in [4.78, 5) is 11.3. The number of phenols is 1. The van der Waals surface area contributed by atoms with Crippen molar-refractivity contribution in [1.29, 1.82) is 0 Å². The molecular formula is C14H18FNO3. The zero-order valence-corrected chi connectivity index (χ0v) is 11.2. The maximum absolute atomic E-state index is 13.3. The predicted molar refractivity (Wildman–Crippen MR) is 71.3 cm³/mol. The first kappa shape index (κ1) is 15.0. The van der Waals surface area contributed by atoms with E-state index in [4.69, 9.17) is 4.74 Å². The second-order valence-electron chi connectivity index (χ2n) is 4.99. The fraction of sp³-hybridized carbons (Fsp3) is 0.357. The molecule has 1 aromatic rings. The first-order valence-electron chi connectivity index (χ1n) is 5.90. The molecule has 0 aromatic heterocycles. The van der Waals surface area contributed by atoms with Crippen LogP contribution in [0, 0.1) is 5.82 Å². The maximum Gasteiger partial charge on any atom is 0.407 e. The fourth-order valence-electron chi connectivity index (χ4n) is 1.30. The Labute approximate surface area is 111 Å². The highest BCUT2D eigenvalue weighted by molar-refractivity contribution is 5.68. The number of nitrogens with one attached hydrogen (secondary N) is 1. The molecule has 2 N–H and O–H groups in total. The molecule has 0 saturated heterocycles. The lowest BCUT2D eigenvalue weighted by Crippen LogP contribution is -2.32. The van der Waals surface area contributed by atoms with Gasteiger partial charge in [-0.05, 0) is 39.0 Å². The third-order valence-electron chi connectivity index (χ3n) is 2.04. The molecule has 0 aliphatic carbocycles. The van der Waals surface area contributed by atoms with Gasteiger partial charge in [0.25, 0.3) is 0 Å². The lowest BCUT2D eigenvalue weighted by atomic mass is 10.2. The summed E-state index contributed by atoms with van der Waals surface area (Å²) in [7, 11) is 0. The van der Waals surface area contributed by atoms with E-state index in [0.717, 1.165) is 0 Å². The molecule has 104 valence electrons. The summed E-state index contributed by atoms with van der Waals surface area (Å²) >= 11 is 0. The average molecular weight is 267 g/mol. The van der Waals surface area contributed by atoms with Crippen LogP contribution in [-0.2, 0) is 4.74 Å². The lowest BCUT2D eigenvalue weighted by molar-refractivity contribution is 0.0534. The molecule has 19 heavy (non-hydrogen) atoms. The van der Waals surface area contributed by atoms with Crippen molar-refractivity contribution in [2.45, 2.75) is 26.4 Å². The van der Waals surface area contributed by atoms with E-state index in [-0.39, 0.29) is 17.9 Å². The van der Waals surface area contributed by atoms with Crippen LogP contribution in [0.15, 0.2) is 24.3 Å². The fourth-order valence-corrected chi connectivity index (χ4v) is 1.30. The van der Waals surface area contributed by atoms with Crippen molar-refractivity contribution in [3.05, 3.63) is 35.7 Å². The summed E-state index contributed by atoms with van der Waals surface area (Å²) in [6.07, 6.45) is 2.52. The number of carbonyl (C=O) groups excluding carboxylic acids is 1. The largest absolute Gasteiger partial charge is 0.508 e. The SMILES string of the molecule is CC(C)(C)OC(=O)NCC=Cc1cc(O)ccc1F. The van der Waals surface area contributed by atoms with Gasteiger partial charge >= 0.3 is 6.09 Å². The van der Waals surface area contributed by atoms with Crippen molar-refractivity contribution in [3.8, 4) is 5.75 Å². The van der Waals surface area contributed by atoms with E-state index in [1.807, 2.05) is 0 Å². The highest BCUT2D eigenvalue weighted by Gasteiger charge is 2.14. The van der Waals surface area contributed by atoms with Gasteiger partial charge in [0.1, 0.15) is 17.2 Å². The summed E-state index contributed by atoms with van der Waals surface area (Å²) < 4.78 is 18.3. The third-order valence-corrected chi connectivity index (χ3v) is 2.04. The van der Waals surface area contributed by atoms with Gasteiger partial charge in [-0.3, -0.25) is 0 Å². The van der Waals surface area contributed by atoms with Crippen LogP contribution >= 0.6 is 0 Å². The van der Waals surface area contributed by atoms with Crippen molar-refractivity contribution in [3.63, 3.8) is 0 Å². The third kappa shape index (κ3) is 5.90. The number of halogens is 1. The van der Waals surface area contributed by atoms with Crippen LogP contribution in [0.1, 0.15) is 26.3 Å². The first-order valence-corrected chi connectivity index (χ1v) is 5.90. The van der Waals surface area contributed by atoms with Crippen molar-refractivity contribution in [1.82, 2.24) is 5.32 Å².